The van der Waals surface area contributed by atoms with Crippen molar-refractivity contribution in [3.8, 4) is 22.4 Å². The van der Waals surface area contributed by atoms with E-state index in [0.717, 1.165) is 12.1 Å². The molecular weight excluding hydrogens is 254 g/mol. The van der Waals surface area contributed by atoms with Gasteiger partial charge in [-0.2, -0.15) is 0 Å². The maximum atomic E-state index is 4.64. The number of rotatable bonds is 3. The van der Waals surface area contributed by atoms with Crippen molar-refractivity contribution in [2.75, 3.05) is 0 Å². The van der Waals surface area contributed by atoms with E-state index in [2.05, 4.69) is 79.5 Å². The molecule has 0 bridgehead atoms. The summed E-state index contributed by atoms with van der Waals surface area (Å²) in [4.78, 5) is 4.64. The molecule has 0 amide bonds. The molecule has 0 saturated carbocycles. The van der Waals surface area contributed by atoms with Crippen molar-refractivity contribution in [3.05, 3.63) is 78.0 Å². The SMILES string of the molecule is CCc1cccc(-c2ccc(-c3ccccc3C)nc2)c1. The van der Waals surface area contributed by atoms with Crippen LogP contribution in [-0.4, -0.2) is 4.98 Å². The summed E-state index contributed by atoms with van der Waals surface area (Å²) in [7, 11) is 0. The topological polar surface area (TPSA) is 12.9 Å². The molecule has 3 aromatic rings. The molecule has 0 aliphatic carbocycles. The average molecular weight is 273 g/mol. The van der Waals surface area contributed by atoms with Crippen LogP contribution in [0.3, 0.4) is 0 Å². The van der Waals surface area contributed by atoms with Crippen molar-refractivity contribution in [3.63, 3.8) is 0 Å². The van der Waals surface area contributed by atoms with Crippen LogP contribution < -0.4 is 0 Å². The Bertz CT molecular complexity index is 742. The van der Waals surface area contributed by atoms with Crippen molar-refractivity contribution in [2.45, 2.75) is 20.3 Å². The molecule has 1 heteroatoms. The van der Waals surface area contributed by atoms with Gasteiger partial charge in [0.2, 0.25) is 0 Å². The van der Waals surface area contributed by atoms with E-state index in [0.29, 0.717) is 0 Å². The van der Waals surface area contributed by atoms with Gasteiger partial charge in [-0.25, -0.2) is 0 Å². The predicted octanol–water partition coefficient (Wildman–Crippen LogP) is 5.29. The number of pyridine rings is 1. The van der Waals surface area contributed by atoms with E-state index in [1.54, 1.807) is 0 Å². The van der Waals surface area contributed by atoms with E-state index < -0.39 is 0 Å². The summed E-state index contributed by atoms with van der Waals surface area (Å²) in [6.45, 7) is 4.30. The van der Waals surface area contributed by atoms with Gasteiger partial charge in [0, 0.05) is 17.3 Å². The van der Waals surface area contributed by atoms with Gasteiger partial charge in [-0.05, 0) is 36.1 Å². The first-order valence-corrected chi connectivity index (χ1v) is 7.39. The zero-order valence-electron chi connectivity index (χ0n) is 12.5. The second kappa shape index (κ2) is 5.92. The summed E-state index contributed by atoms with van der Waals surface area (Å²) < 4.78 is 0. The van der Waals surface area contributed by atoms with Gasteiger partial charge in [-0.15, -0.1) is 0 Å². The van der Waals surface area contributed by atoms with Gasteiger partial charge in [0.15, 0.2) is 0 Å². The predicted molar refractivity (Wildman–Crippen MR) is 89.2 cm³/mol. The van der Waals surface area contributed by atoms with Gasteiger partial charge in [-0.3, -0.25) is 4.98 Å². The molecule has 0 aliphatic rings. The van der Waals surface area contributed by atoms with Crippen LogP contribution in [0.25, 0.3) is 22.4 Å². The fraction of sp³-hybridized carbons (Fsp3) is 0.150. The normalized spacial score (nSPS) is 10.6. The molecule has 2 aromatic carbocycles. The van der Waals surface area contributed by atoms with Crippen molar-refractivity contribution < 1.29 is 0 Å². The molecule has 0 fully saturated rings. The van der Waals surface area contributed by atoms with Crippen LogP contribution in [0.5, 0.6) is 0 Å². The minimum atomic E-state index is 1.03. The first-order valence-electron chi connectivity index (χ1n) is 7.39. The lowest BCUT2D eigenvalue weighted by molar-refractivity contribution is 1.14. The van der Waals surface area contributed by atoms with Crippen LogP contribution in [0.15, 0.2) is 66.9 Å². The third-order valence-corrected chi connectivity index (χ3v) is 3.85. The van der Waals surface area contributed by atoms with Gasteiger partial charge in [0.25, 0.3) is 0 Å². The van der Waals surface area contributed by atoms with E-state index >= 15 is 0 Å². The van der Waals surface area contributed by atoms with E-state index in [9.17, 15) is 0 Å². The lowest BCUT2D eigenvalue weighted by Crippen LogP contribution is -1.88. The summed E-state index contributed by atoms with van der Waals surface area (Å²) in [5.41, 5.74) is 7.25. The molecule has 104 valence electrons. The van der Waals surface area contributed by atoms with Crippen LogP contribution in [0.4, 0.5) is 0 Å². The molecule has 3 rings (SSSR count). The maximum absolute atomic E-state index is 4.64. The number of hydrogen-bond donors (Lipinski definition) is 0. The Morgan fingerprint density at radius 1 is 0.857 bits per heavy atom. The monoisotopic (exact) mass is 273 g/mol. The summed E-state index contributed by atoms with van der Waals surface area (Å²) in [6, 6.07) is 21.3. The highest BCUT2D eigenvalue weighted by Crippen LogP contribution is 2.25. The Balaban J connectivity index is 1.96. The Morgan fingerprint density at radius 3 is 2.43 bits per heavy atom. The average Bonchev–Trinajstić information content (AvgIpc) is 2.56. The van der Waals surface area contributed by atoms with E-state index in [4.69, 9.17) is 0 Å². The Morgan fingerprint density at radius 2 is 1.71 bits per heavy atom. The summed E-state index contributed by atoms with van der Waals surface area (Å²) in [5, 5.41) is 0. The number of hydrogen-bond acceptors (Lipinski definition) is 1. The molecule has 1 nitrogen and oxygen atoms in total. The fourth-order valence-corrected chi connectivity index (χ4v) is 2.56. The molecular formula is C20H19N. The largest absolute Gasteiger partial charge is 0.256 e. The highest BCUT2D eigenvalue weighted by Gasteiger charge is 2.04. The van der Waals surface area contributed by atoms with E-state index in [1.165, 1.54) is 27.8 Å². The fourth-order valence-electron chi connectivity index (χ4n) is 2.56. The molecule has 0 N–H and O–H groups in total. The Labute approximate surface area is 126 Å². The number of aryl methyl sites for hydroxylation is 2. The molecule has 21 heavy (non-hydrogen) atoms. The van der Waals surface area contributed by atoms with E-state index in [1.807, 2.05) is 6.20 Å². The Hall–Kier alpha value is -2.41. The highest BCUT2D eigenvalue weighted by molar-refractivity contribution is 5.68. The molecule has 0 spiro atoms. The van der Waals surface area contributed by atoms with Crippen LogP contribution in [-0.2, 0) is 6.42 Å². The zero-order chi connectivity index (χ0) is 14.7. The van der Waals surface area contributed by atoms with Crippen LogP contribution in [0.2, 0.25) is 0 Å². The van der Waals surface area contributed by atoms with Gasteiger partial charge >= 0.3 is 0 Å². The molecule has 0 radical (unpaired) electrons. The highest BCUT2D eigenvalue weighted by atomic mass is 14.7. The summed E-state index contributed by atoms with van der Waals surface area (Å²) in [6.07, 6.45) is 3.03. The summed E-state index contributed by atoms with van der Waals surface area (Å²) >= 11 is 0. The van der Waals surface area contributed by atoms with Crippen molar-refractivity contribution in [2.24, 2.45) is 0 Å². The zero-order valence-corrected chi connectivity index (χ0v) is 12.5. The van der Waals surface area contributed by atoms with Crippen molar-refractivity contribution in [1.29, 1.82) is 0 Å². The standard InChI is InChI=1S/C20H19N/c1-3-16-8-6-9-17(13-16)18-11-12-20(21-14-18)19-10-5-4-7-15(19)2/h4-14H,3H2,1-2H3. The van der Waals surface area contributed by atoms with E-state index in [-0.39, 0.29) is 0 Å². The third-order valence-electron chi connectivity index (χ3n) is 3.85. The van der Waals surface area contributed by atoms with Crippen molar-refractivity contribution >= 4 is 0 Å². The number of aromatic nitrogens is 1. The first kappa shape index (κ1) is 13.6. The molecule has 1 aromatic heterocycles. The van der Waals surface area contributed by atoms with Crippen LogP contribution in [0.1, 0.15) is 18.1 Å². The number of benzene rings is 2. The molecule has 0 saturated heterocycles. The second-order valence-electron chi connectivity index (χ2n) is 5.30. The first-order chi connectivity index (χ1) is 10.3. The van der Waals surface area contributed by atoms with Gasteiger partial charge in [-0.1, -0.05) is 61.5 Å². The minimum absolute atomic E-state index is 1.03. The minimum Gasteiger partial charge on any atom is -0.256 e. The van der Waals surface area contributed by atoms with Crippen molar-refractivity contribution in [1.82, 2.24) is 4.98 Å². The quantitative estimate of drug-likeness (QED) is 0.632. The van der Waals surface area contributed by atoms with Gasteiger partial charge in [0.05, 0.1) is 5.69 Å². The lowest BCUT2D eigenvalue weighted by Gasteiger charge is -2.07. The Kier molecular flexibility index (Phi) is 3.83. The third kappa shape index (κ3) is 2.87. The van der Waals surface area contributed by atoms with Crippen LogP contribution in [0, 0.1) is 6.92 Å². The van der Waals surface area contributed by atoms with Gasteiger partial charge < -0.3 is 0 Å². The second-order valence-corrected chi connectivity index (χ2v) is 5.30. The molecule has 0 atom stereocenters. The number of nitrogens with zero attached hydrogens (tertiary/aromatic N) is 1. The lowest BCUT2D eigenvalue weighted by atomic mass is 10.0. The summed E-state index contributed by atoms with van der Waals surface area (Å²) in [5.74, 6) is 0. The molecule has 0 unspecified atom stereocenters. The molecule has 0 aliphatic heterocycles. The van der Waals surface area contributed by atoms with Gasteiger partial charge in [0.1, 0.15) is 0 Å². The van der Waals surface area contributed by atoms with Crippen LogP contribution >= 0.6 is 0 Å². The maximum Gasteiger partial charge on any atom is 0.0705 e. The molecule has 1 heterocycles. The smallest absolute Gasteiger partial charge is 0.0705 e.